The van der Waals surface area contributed by atoms with Gasteiger partial charge in [-0.25, -0.2) is 0 Å². The quantitative estimate of drug-likeness (QED) is 0.868. The third-order valence-corrected chi connectivity index (χ3v) is 4.24. The summed E-state index contributed by atoms with van der Waals surface area (Å²) in [5, 5.41) is 3.66. The number of thioether (sulfide) groups is 1. The Morgan fingerprint density at radius 1 is 1.38 bits per heavy atom. The Balaban J connectivity index is 2.17. The van der Waals surface area contributed by atoms with Crippen molar-refractivity contribution in [3.63, 3.8) is 0 Å². The lowest BCUT2D eigenvalue weighted by Crippen LogP contribution is -2.19. The molecule has 0 saturated carbocycles. The first kappa shape index (κ1) is 11.6. The van der Waals surface area contributed by atoms with E-state index in [2.05, 4.69) is 49.4 Å². The molecule has 1 saturated heterocycles. The standard InChI is InChI=1S/C13H20N2S/c1-10-12(14-11-7-8-16-9-11)5-4-6-13(10)15(2)3/h4-6,11,14H,7-9H2,1-3H3/t11-/m0/s1. The number of hydrogen-bond acceptors (Lipinski definition) is 3. The van der Waals surface area contributed by atoms with Gasteiger partial charge in [0.15, 0.2) is 0 Å². The first-order chi connectivity index (χ1) is 7.68. The molecule has 1 aromatic rings. The van der Waals surface area contributed by atoms with Crippen molar-refractivity contribution < 1.29 is 0 Å². The third kappa shape index (κ3) is 2.46. The molecule has 1 fully saturated rings. The van der Waals surface area contributed by atoms with Crippen LogP contribution in [0.2, 0.25) is 0 Å². The van der Waals surface area contributed by atoms with Gasteiger partial charge >= 0.3 is 0 Å². The lowest BCUT2D eigenvalue weighted by atomic mass is 10.1. The maximum atomic E-state index is 3.66. The van der Waals surface area contributed by atoms with E-state index < -0.39 is 0 Å². The summed E-state index contributed by atoms with van der Waals surface area (Å²) in [4.78, 5) is 2.17. The van der Waals surface area contributed by atoms with Gasteiger partial charge in [0.05, 0.1) is 0 Å². The maximum absolute atomic E-state index is 3.66. The van der Waals surface area contributed by atoms with Gasteiger partial charge in [-0.2, -0.15) is 11.8 Å². The van der Waals surface area contributed by atoms with Gasteiger partial charge in [-0.1, -0.05) is 6.07 Å². The van der Waals surface area contributed by atoms with E-state index in [0.29, 0.717) is 6.04 Å². The second-order valence-electron chi connectivity index (χ2n) is 4.55. The number of benzene rings is 1. The SMILES string of the molecule is Cc1c(N[C@H]2CCSC2)cccc1N(C)C. The first-order valence-electron chi connectivity index (χ1n) is 5.79. The largest absolute Gasteiger partial charge is 0.381 e. The van der Waals surface area contributed by atoms with E-state index in [0.717, 1.165) is 0 Å². The van der Waals surface area contributed by atoms with Gasteiger partial charge in [0.1, 0.15) is 0 Å². The van der Waals surface area contributed by atoms with Crippen molar-refractivity contribution in [1.29, 1.82) is 0 Å². The van der Waals surface area contributed by atoms with Crippen LogP contribution in [0.5, 0.6) is 0 Å². The highest BCUT2D eigenvalue weighted by atomic mass is 32.2. The predicted molar refractivity (Wildman–Crippen MR) is 74.9 cm³/mol. The molecule has 0 spiro atoms. The molecule has 1 aliphatic heterocycles. The van der Waals surface area contributed by atoms with Gasteiger partial charge in [-0.15, -0.1) is 0 Å². The fourth-order valence-electron chi connectivity index (χ4n) is 2.13. The highest BCUT2D eigenvalue weighted by Crippen LogP contribution is 2.28. The average molecular weight is 236 g/mol. The molecule has 0 unspecified atom stereocenters. The van der Waals surface area contributed by atoms with Crippen molar-refractivity contribution in [3.05, 3.63) is 23.8 Å². The van der Waals surface area contributed by atoms with Crippen molar-refractivity contribution in [2.45, 2.75) is 19.4 Å². The van der Waals surface area contributed by atoms with Gasteiger partial charge in [-0.05, 0) is 36.8 Å². The molecular formula is C13H20N2S. The maximum Gasteiger partial charge on any atom is 0.0411 e. The molecule has 0 radical (unpaired) electrons. The van der Waals surface area contributed by atoms with Crippen LogP contribution in [0, 0.1) is 6.92 Å². The van der Waals surface area contributed by atoms with Gasteiger partial charge in [0, 0.05) is 37.3 Å². The zero-order valence-corrected chi connectivity index (χ0v) is 11.1. The van der Waals surface area contributed by atoms with Crippen LogP contribution >= 0.6 is 11.8 Å². The second kappa shape index (κ2) is 5.00. The monoisotopic (exact) mass is 236 g/mol. The number of hydrogen-bond donors (Lipinski definition) is 1. The summed E-state index contributed by atoms with van der Waals surface area (Å²) in [6.45, 7) is 2.19. The van der Waals surface area contributed by atoms with E-state index in [4.69, 9.17) is 0 Å². The summed E-state index contributed by atoms with van der Waals surface area (Å²) in [6.07, 6.45) is 1.29. The Labute approximate surface area is 102 Å². The van der Waals surface area contributed by atoms with Crippen LogP contribution in [-0.2, 0) is 0 Å². The zero-order chi connectivity index (χ0) is 11.5. The minimum absolute atomic E-state index is 0.654. The molecule has 1 aromatic carbocycles. The minimum atomic E-state index is 0.654. The van der Waals surface area contributed by atoms with Crippen LogP contribution in [0.15, 0.2) is 18.2 Å². The molecule has 0 aliphatic carbocycles. The van der Waals surface area contributed by atoms with Crippen LogP contribution in [0.3, 0.4) is 0 Å². The molecule has 1 N–H and O–H groups in total. The molecule has 0 amide bonds. The number of anilines is 2. The molecule has 1 heterocycles. The van der Waals surface area contributed by atoms with Crippen LogP contribution in [0.25, 0.3) is 0 Å². The van der Waals surface area contributed by atoms with Crippen LogP contribution in [0.1, 0.15) is 12.0 Å². The Morgan fingerprint density at radius 2 is 2.19 bits per heavy atom. The Kier molecular flexibility index (Phi) is 3.64. The minimum Gasteiger partial charge on any atom is -0.381 e. The highest BCUT2D eigenvalue weighted by molar-refractivity contribution is 7.99. The molecule has 2 nitrogen and oxygen atoms in total. The van der Waals surface area contributed by atoms with E-state index in [1.54, 1.807) is 0 Å². The predicted octanol–water partition coefficient (Wildman–Crippen LogP) is 2.98. The Morgan fingerprint density at radius 3 is 2.81 bits per heavy atom. The second-order valence-corrected chi connectivity index (χ2v) is 5.70. The van der Waals surface area contributed by atoms with E-state index in [1.807, 2.05) is 11.8 Å². The summed E-state index contributed by atoms with van der Waals surface area (Å²) in [7, 11) is 4.19. The lowest BCUT2D eigenvalue weighted by Gasteiger charge is -2.21. The fraction of sp³-hybridized carbons (Fsp3) is 0.538. The Hall–Kier alpha value is -0.830. The summed E-state index contributed by atoms with van der Waals surface area (Å²) in [5.74, 6) is 2.54. The lowest BCUT2D eigenvalue weighted by molar-refractivity contribution is 0.811. The molecule has 3 heteroatoms. The van der Waals surface area contributed by atoms with Crippen molar-refractivity contribution >= 4 is 23.1 Å². The van der Waals surface area contributed by atoms with Gasteiger partial charge in [-0.3, -0.25) is 0 Å². The van der Waals surface area contributed by atoms with Crippen molar-refractivity contribution in [1.82, 2.24) is 0 Å². The van der Waals surface area contributed by atoms with E-state index in [9.17, 15) is 0 Å². The average Bonchev–Trinajstić information content (AvgIpc) is 2.73. The van der Waals surface area contributed by atoms with Gasteiger partial charge < -0.3 is 10.2 Å². The molecular weight excluding hydrogens is 216 g/mol. The summed E-state index contributed by atoms with van der Waals surface area (Å²) in [5.41, 5.74) is 3.94. The number of nitrogens with one attached hydrogen (secondary N) is 1. The molecule has 1 aliphatic rings. The van der Waals surface area contributed by atoms with Crippen molar-refractivity contribution in [2.75, 3.05) is 35.8 Å². The molecule has 2 rings (SSSR count). The first-order valence-corrected chi connectivity index (χ1v) is 6.95. The number of nitrogens with zero attached hydrogens (tertiary/aromatic N) is 1. The van der Waals surface area contributed by atoms with Gasteiger partial charge in [0.2, 0.25) is 0 Å². The van der Waals surface area contributed by atoms with E-state index in [1.165, 1.54) is 34.9 Å². The normalized spacial score (nSPS) is 19.8. The van der Waals surface area contributed by atoms with Crippen molar-refractivity contribution in [2.24, 2.45) is 0 Å². The molecule has 1 atom stereocenters. The molecule has 88 valence electrons. The summed E-state index contributed by atoms with van der Waals surface area (Å²) < 4.78 is 0. The summed E-state index contributed by atoms with van der Waals surface area (Å²) >= 11 is 2.04. The topological polar surface area (TPSA) is 15.3 Å². The van der Waals surface area contributed by atoms with E-state index >= 15 is 0 Å². The summed E-state index contributed by atoms with van der Waals surface area (Å²) in [6, 6.07) is 7.14. The third-order valence-electron chi connectivity index (χ3n) is 3.08. The van der Waals surface area contributed by atoms with Crippen molar-refractivity contribution in [3.8, 4) is 0 Å². The van der Waals surface area contributed by atoms with Gasteiger partial charge in [0.25, 0.3) is 0 Å². The van der Waals surface area contributed by atoms with Crippen LogP contribution in [0.4, 0.5) is 11.4 Å². The molecule has 0 bridgehead atoms. The molecule has 0 aromatic heterocycles. The fourth-order valence-corrected chi connectivity index (χ4v) is 3.28. The van der Waals surface area contributed by atoms with Crippen LogP contribution < -0.4 is 10.2 Å². The van der Waals surface area contributed by atoms with Crippen LogP contribution in [-0.4, -0.2) is 31.6 Å². The Bertz CT molecular complexity index is 357. The smallest absolute Gasteiger partial charge is 0.0411 e. The highest BCUT2D eigenvalue weighted by Gasteiger charge is 2.16. The molecule has 16 heavy (non-hydrogen) atoms. The number of rotatable bonds is 3. The zero-order valence-electron chi connectivity index (χ0n) is 10.3. The van der Waals surface area contributed by atoms with E-state index in [-0.39, 0.29) is 0 Å².